The average molecular weight is 470 g/mol. The standard InChI is InChI=1S/C24H25F3N6O/c1-32-17-5-6-18(32)13-16(12-17)29-22-28-8-7-19(30-22)21-20(31-23-33(21)9-10-34-23)14-3-2-4-15(11-14)24(25,26)27/h2-4,7-11,16-18,23,31H,5-6,12-13H2,1H3,(H,28,29,30)/t16-,17+,18?,23?/m1/s1. The molecule has 1 aromatic carbocycles. The number of hydrogen-bond donors (Lipinski definition) is 2. The van der Waals surface area contributed by atoms with E-state index in [1.165, 1.54) is 18.9 Å². The third kappa shape index (κ3) is 3.66. The molecule has 0 spiro atoms. The zero-order valence-electron chi connectivity index (χ0n) is 18.6. The number of halogens is 3. The SMILES string of the molecule is CN1C2CC[C@H]1C[C@@H](Nc1nccc(C3=C(c4cccc(C(F)(F)F)c4)NC4OC=CN34)n1)C2. The Bertz CT molecular complexity index is 1150. The summed E-state index contributed by atoms with van der Waals surface area (Å²) in [6.07, 6.45) is 4.56. The lowest BCUT2D eigenvalue weighted by Crippen LogP contribution is -2.44. The molecule has 2 bridgehead atoms. The summed E-state index contributed by atoms with van der Waals surface area (Å²) in [4.78, 5) is 13.5. The smallest absolute Gasteiger partial charge is 0.416 e. The molecule has 2 aromatic rings. The lowest BCUT2D eigenvalue weighted by molar-refractivity contribution is -0.137. The first-order chi connectivity index (χ1) is 16.4. The van der Waals surface area contributed by atoms with Crippen molar-refractivity contribution in [1.29, 1.82) is 0 Å². The van der Waals surface area contributed by atoms with Crippen molar-refractivity contribution in [2.45, 2.75) is 56.3 Å². The molecule has 2 fully saturated rings. The minimum atomic E-state index is -4.43. The second kappa shape index (κ2) is 7.90. The van der Waals surface area contributed by atoms with Crippen LogP contribution in [0.15, 0.2) is 49.0 Å². The summed E-state index contributed by atoms with van der Waals surface area (Å²) in [5, 5.41) is 6.69. The van der Waals surface area contributed by atoms with Crippen LogP contribution in [0.25, 0.3) is 11.4 Å². The predicted octanol–water partition coefficient (Wildman–Crippen LogP) is 4.05. The molecule has 2 unspecified atom stereocenters. The van der Waals surface area contributed by atoms with Gasteiger partial charge in [0, 0.05) is 36.1 Å². The number of anilines is 1. The van der Waals surface area contributed by atoms with Gasteiger partial charge < -0.3 is 20.3 Å². The van der Waals surface area contributed by atoms with E-state index in [-0.39, 0.29) is 0 Å². The summed E-state index contributed by atoms with van der Waals surface area (Å²) < 4.78 is 45.6. The summed E-state index contributed by atoms with van der Waals surface area (Å²) in [7, 11) is 2.20. The summed E-state index contributed by atoms with van der Waals surface area (Å²) in [5.74, 6) is 0.523. The number of rotatable bonds is 4. The molecule has 7 nitrogen and oxygen atoms in total. The Morgan fingerprint density at radius 3 is 2.71 bits per heavy atom. The number of hydrogen-bond acceptors (Lipinski definition) is 7. The van der Waals surface area contributed by atoms with Crippen LogP contribution >= 0.6 is 0 Å². The quantitative estimate of drug-likeness (QED) is 0.699. The van der Waals surface area contributed by atoms with Crippen molar-refractivity contribution in [2.24, 2.45) is 0 Å². The molecule has 0 amide bonds. The van der Waals surface area contributed by atoms with E-state index in [0.29, 0.717) is 46.7 Å². The van der Waals surface area contributed by atoms with Crippen LogP contribution in [0, 0.1) is 0 Å². The molecule has 4 aliphatic heterocycles. The van der Waals surface area contributed by atoms with Crippen LogP contribution < -0.4 is 10.6 Å². The Hall–Kier alpha value is -3.27. The van der Waals surface area contributed by atoms with Crippen molar-refractivity contribution >= 4 is 17.3 Å². The number of ether oxygens (including phenoxy) is 1. The van der Waals surface area contributed by atoms with E-state index in [9.17, 15) is 13.2 Å². The van der Waals surface area contributed by atoms with Crippen LogP contribution in [-0.2, 0) is 10.9 Å². The number of piperidine rings is 1. The molecule has 2 saturated heterocycles. The van der Waals surface area contributed by atoms with Crippen molar-refractivity contribution in [2.75, 3.05) is 12.4 Å². The van der Waals surface area contributed by atoms with Gasteiger partial charge in [0.2, 0.25) is 5.95 Å². The summed E-state index contributed by atoms with van der Waals surface area (Å²) in [5.41, 5.74) is 1.49. The van der Waals surface area contributed by atoms with E-state index >= 15 is 0 Å². The molecule has 4 aliphatic rings. The van der Waals surface area contributed by atoms with Crippen molar-refractivity contribution in [1.82, 2.24) is 25.1 Å². The molecule has 178 valence electrons. The predicted molar refractivity (Wildman–Crippen MR) is 120 cm³/mol. The van der Waals surface area contributed by atoms with E-state index in [4.69, 9.17) is 9.72 Å². The van der Waals surface area contributed by atoms with E-state index in [1.54, 1.807) is 30.8 Å². The maximum atomic E-state index is 13.4. The summed E-state index contributed by atoms with van der Waals surface area (Å²) >= 11 is 0. The molecule has 0 saturated carbocycles. The lowest BCUT2D eigenvalue weighted by Gasteiger charge is -2.36. The van der Waals surface area contributed by atoms with Gasteiger partial charge in [-0.1, -0.05) is 12.1 Å². The van der Waals surface area contributed by atoms with Crippen LogP contribution in [-0.4, -0.2) is 51.3 Å². The van der Waals surface area contributed by atoms with Gasteiger partial charge in [-0.25, -0.2) is 9.97 Å². The monoisotopic (exact) mass is 470 g/mol. The number of fused-ring (bicyclic) bond motifs is 3. The highest BCUT2D eigenvalue weighted by molar-refractivity contribution is 5.91. The second-order valence-corrected chi connectivity index (χ2v) is 9.26. The molecule has 4 atom stereocenters. The first-order valence-corrected chi connectivity index (χ1v) is 11.5. The van der Waals surface area contributed by atoms with Gasteiger partial charge in [0.1, 0.15) is 6.26 Å². The first-order valence-electron chi connectivity index (χ1n) is 11.5. The minimum absolute atomic E-state index is 0.297. The third-order valence-electron chi connectivity index (χ3n) is 7.25. The first kappa shape index (κ1) is 21.3. The van der Waals surface area contributed by atoms with Crippen LogP contribution in [0.5, 0.6) is 0 Å². The van der Waals surface area contributed by atoms with Crippen molar-refractivity contribution < 1.29 is 17.9 Å². The van der Waals surface area contributed by atoms with Crippen molar-refractivity contribution in [3.63, 3.8) is 0 Å². The largest absolute Gasteiger partial charge is 0.458 e. The second-order valence-electron chi connectivity index (χ2n) is 9.26. The average Bonchev–Trinajstić information content (AvgIpc) is 3.45. The molecule has 6 rings (SSSR count). The zero-order chi connectivity index (χ0) is 23.4. The third-order valence-corrected chi connectivity index (χ3v) is 7.25. The van der Waals surface area contributed by atoms with Crippen LogP contribution in [0.1, 0.15) is 42.5 Å². The van der Waals surface area contributed by atoms with Gasteiger partial charge in [-0.15, -0.1) is 0 Å². The number of nitrogens with zero attached hydrogens (tertiary/aromatic N) is 4. The molecule has 5 heterocycles. The molecule has 34 heavy (non-hydrogen) atoms. The van der Waals surface area contributed by atoms with Gasteiger partial charge in [-0.2, -0.15) is 13.2 Å². The van der Waals surface area contributed by atoms with E-state index < -0.39 is 18.1 Å². The molecule has 10 heteroatoms. The molecular formula is C24H25F3N6O. The normalized spacial score (nSPS) is 28.2. The number of aromatic nitrogens is 2. The zero-order valence-corrected chi connectivity index (χ0v) is 18.6. The van der Waals surface area contributed by atoms with Crippen LogP contribution in [0.4, 0.5) is 19.1 Å². The highest BCUT2D eigenvalue weighted by atomic mass is 19.4. The Balaban J connectivity index is 1.34. The molecule has 0 aliphatic carbocycles. The van der Waals surface area contributed by atoms with Gasteiger partial charge in [-0.3, -0.25) is 4.90 Å². The lowest BCUT2D eigenvalue weighted by atomic mass is 9.98. The Labute approximate surface area is 195 Å². The molecule has 0 radical (unpaired) electrons. The number of alkyl halides is 3. The Kier molecular flexibility index (Phi) is 4.94. The fraction of sp³-hybridized carbons (Fsp3) is 0.417. The topological polar surface area (TPSA) is 65.6 Å². The summed E-state index contributed by atoms with van der Waals surface area (Å²) in [6.45, 7) is 0. The van der Waals surface area contributed by atoms with Crippen LogP contribution in [0.2, 0.25) is 0 Å². The van der Waals surface area contributed by atoms with Gasteiger partial charge in [0.05, 0.1) is 22.7 Å². The maximum Gasteiger partial charge on any atom is 0.416 e. The van der Waals surface area contributed by atoms with E-state index in [0.717, 1.165) is 25.0 Å². The van der Waals surface area contributed by atoms with Crippen molar-refractivity contribution in [3.05, 3.63) is 65.8 Å². The Morgan fingerprint density at radius 1 is 1.15 bits per heavy atom. The molecular weight excluding hydrogens is 445 g/mol. The Morgan fingerprint density at radius 2 is 1.94 bits per heavy atom. The van der Waals surface area contributed by atoms with Crippen LogP contribution in [0.3, 0.4) is 0 Å². The van der Waals surface area contributed by atoms with Gasteiger partial charge in [0.15, 0.2) is 0 Å². The van der Waals surface area contributed by atoms with Gasteiger partial charge in [-0.05, 0) is 50.9 Å². The highest BCUT2D eigenvalue weighted by Crippen LogP contribution is 2.39. The highest BCUT2D eigenvalue weighted by Gasteiger charge is 2.39. The molecule has 2 N–H and O–H groups in total. The number of nitrogens with one attached hydrogen (secondary N) is 2. The van der Waals surface area contributed by atoms with Gasteiger partial charge in [0.25, 0.3) is 6.35 Å². The van der Waals surface area contributed by atoms with E-state index in [1.807, 2.05) is 4.90 Å². The van der Waals surface area contributed by atoms with E-state index in [2.05, 4.69) is 27.6 Å². The number of benzene rings is 1. The maximum absolute atomic E-state index is 13.4. The fourth-order valence-electron chi connectivity index (χ4n) is 5.54. The minimum Gasteiger partial charge on any atom is -0.458 e. The molecule has 1 aromatic heterocycles. The van der Waals surface area contributed by atoms with Gasteiger partial charge >= 0.3 is 6.18 Å². The summed E-state index contributed by atoms with van der Waals surface area (Å²) in [6, 6.07) is 8.50. The van der Waals surface area contributed by atoms with Crippen molar-refractivity contribution in [3.8, 4) is 0 Å². The fourth-order valence-corrected chi connectivity index (χ4v) is 5.54.